The Morgan fingerprint density at radius 3 is 2.80 bits per heavy atom. The summed E-state index contributed by atoms with van der Waals surface area (Å²) >= 11 is 0. The van der Waals surface area contributed by atoms with Crippen LogP contribution in [0.3, 0.4) is 0 Å². The van der Waals surface area contributed by atoms with Gasteiger partial charge in [-0.15, -0.1) is 0 Å². The lowest BCUT2D eigenvalue weighted by Gasteiger charge is -2.34. The second-order valence-corrected chi connectivity index (χ2v) is 5.45. The van der Waals surface area contributed by atoms with Gasteiger partial charge in [0.25, 0.3) is 5.91 Å². The molecule has 1 unspecified atom stereocenters. The van der Waals surface area contributed by atoms with Crippen LogP contribution in [0, 0.1) is 0 Å². The Kier molecular flexibility index (Phi) is 3.53. The molecule has 20 heavy (non-hydrogen) atoms. The number of likely N-dealkylation sites (tertiary alicyclic amines) is 1. The van der Waals surface area contributed by atoms with E-state index in [2.05, 4.69) is 4.90 Å². The van der Waals surface area contributed by atoms with E-state index in [0.29, 0.717) is 18.0 Å². The van der Waals surface area contributed by atoms with Crippen molar-refractivity contribution in [2.45, 2.75) is 25.9 Å². The molecule has 0 aliphatic carbocycles. The first kappa shape index (κ1) is 13.2. The van der Waals surface area contributed by atoms with Crippen molar-refractivity contribution in [3.63, 3.8) is 0 Å². The Balaban J connectivity index is 1.80. The van der Waals surface area contributed by atoms with Gasteiger partial charge in [-0.3, -0.25) is 4.79 Å². The summed E-state index contributed by atoms with van der Waals surface area (Å²) in [6.07, 6.45) is 2.01. The smallest absolute Gasteiger partial charge is 0.267 e. The third-order valence-electron chi connectivity index (χ3n) is 3.99. The molecule has 1 N–H and O–H groups in total. The monoisotopic (exact) mass is 276 g/mol. The normalized spacial score (nSPS) is 22.8. The zero-order valence-electron chi connectivity index (χ0n) is 11.7. The quantitative estimate of drug-likeness (QED) is 0.911. The number of carbonyl (C=O) groups is 1. The molecule has 1 aromatic carbocycles. The molecule has 1 aromatic rings. The van der Waals surface area contributed by atoms with Crippen molar-refractivity contribution in [2.24, 2.45) is 0 Å². The molecular weight excluding hydrogens is 256 g/mol. The van der Waals surface area contributed by atoms with Crippen molar-refractivity contribution in [3.8, 4) is 11.5 Å². The van der Waals surface area contributed by atoms with E-state index >= 15 is 0 Å². The highest BCUT2D eigenvalue weighted by atomic mass is 16.5. The molecule has 3 rings (SSSR count). The summed E-state index contributed by atoms with van der Waals surface area (Å²) in [5.74, 6) is 0.777. The van der Waals surface area contributed by atoms with Crippen molar-refractivity contribution < 1.29 is 14.6 Å². The topological polar surface area (TPSA) is 53.0 Å². The molecule has 1 atom stereocenters. The largest absolute Gasteiger partial charge is 0.508 e. The van der Waals surface area contributed by atoms with E-state index in [1.165, 1.54) is 12.8 Å². The summed E-state index contributed by atoms with van der Waals surface area (Å²) in [6.45, 7) is 5.50. The number of rotatable bonds is 3. The number of nitrogens with zero attached hydrogens (tertiary/aromatic N) is 2. The highest BCUT2D eigenvalue weighted by molar-refractivity contribution is 6.00. The maximum atomic E-state index is 12.3. The summed E-state index contributed by atoms with van der Waals surface area (Å²) < 4.78 is 5.59. The van der Waals surface area contributed by atoms with Gasteiger partial charge in [0.05, 0.1) is 5.69 Å². The maximum Gasteiger partial charge on any atom is 0.267 e. The van der Waals surface area contributed by atoms with Crippen LogP contribution in [0.25, 0.3) is 0 Å². The van der Waals surface area contributed by atoms with Crippen LogP contribution in [0.2, 0.25) is 0 Å². The fourth-order valence-electron chi connectivity index (χ4n) is 2.87. The summed E-state index contributed by atoms with van der Waals surface area (Å²) in [4.78, 5) is 16.4. The van der Waals surface area contributed by atoms with E-state index < -0.39 is 6.10 Å². The van der Waals surface area contributed by atoms with Crippen LogP contribution in [0.5, 0.6) is 11.5 Å². The summed E-state index contributed by atoms with van der Waals surface area (Å²) in [6, 6.07) is 4.90. The van der Waals surface area contributed by atoms with Crippen LogP contribution in [0.15, 0.2) is 18.2 Å². The van der Waals surface area contributed by atoms with Crippen molar-refractivity contribution in [2.75, 3.05) is 31.1 Å². The molecule has 108 valence electrons. The Labute approximate surface area is 118 Å². The van der Waals surface area contributed by atoms with E-state index in [9.17, 15) is 9.90 Å². The predicted octanol–water partition coefficient (Wildman–Crippen LogP) is 1.60. The number of fused-ring (bicyclic) bond motifs is 1. The Morgan fingerprint density at radius 2 is 2.05 bits per heavy atom. The van der Waals surface area contributed by atoms with Gasteiger partial charge in [-0.1, -0.05) is 0 Å². The van der Waals surface area contributed by atoms with Crippen LogP contribution >= 0.6 is 0 Å². The molecule has 1 saturated heterocycles. The van der Waals surface area contributed by atoms with Crippen molar-refractivity contribution >= 4 is 11.6 Å². The zero-order valence-corrected chi connectivity index (χ0v) is 11.7. The molecule has 0 aromatic heterocycles. The van der Waals surface area contributed by atoms with Gasteiger partial charge in [0.1, 0.15) is 11.5 Å². The minimum absolute atomic E-state index is 0.0395. The number of amides is 1. The maximum absolute atomic E-state index is 12.3. The van der Waals surface area contributed by atoms with E-state index in [4.69, 9.17) is 4.74 Å². The lowest BCUT2D eigenvalue weighted by atomic mass is 10.1. The van der Waals surface area contributed by atoms with Crippen LogP contribution in [-0.4, -0.2) is 48.2 Å². The average molecular weight is 276 g/mol. The van der Waals surface area contributed by atoms with Gasteiger partial charge < -0.3 is 19.6 Å². The molecular formula is C15H20N2O3. The fraction of sp³-hybridized carbons (Fsp3) is 0.533. The molecule has 1 amide bonds. The van der Waals surface area contributed by atoms with Crippen LogP contribution in [0.1, 0.15) is 19.8 Å². The first-order chi connectivity index (χ1) is 9.65. The minimum atomic E-state index is -0.467. The number of hydrogen-bond acceptors (Lipinski definition) is 4. The van der Waals surface area contributed by atoms with Crippen molar-refractivity contribution in [3.05, 3.63) is 18.2 Å². The van der Waals surface area contributed by atoms with E-state index in [1.807, 2.05) is 0 Å². The average Bonchev–Trinajstić information content (AvgIpc) is 2.93. The summed E-state index contributed by atoms with van der Waals surface area (Å²) in [5, 5.41) is 9.63. The molecule has 5 heteroatoms. The third kappa shape index (κ3) is 2.45. The first-order valence-corrected chi connectivity index (χ1v) is 7.18. The highest BCUT2D eigenvalue weighted by Crippen LogP contribution is 2.36. The zero-order chi connectivity index (χ0) is 14.1. The molecule has 0 radical (unpaired) electrons. The number of phenolic OH excluding ortho intramolecular Hbond substituents is 1. The molecule has 5 nitrogen and oxygen atoms in total. The van der Waals surface area contributed by atoms with Crippen molar-refractivity contribution in [1.29, 1.82) is 0 Å². The van der Waals surface area contributed by atoms with Crippen LogP contribution in [-0.2, 0) is 4.79 Å². The number of anilines is 1. The van der Waals surface area contributed by atoms with Gasteiger partial charge >= 0.3 is 0 Å². The van der Waals surface area contributed by atoms with Gasteiger partial charge in [0, 0.05) is 19.2 Å². The molecule has 0 saturated carbocycles. The Morgan fingerprint density at radius 1 is 1.30 bits per heavy atom. The Hall–Kier alpha value is -1.75. The van der Waals surface area contributed by atoms with Crippen LogP contribution < -0.4 is 9.64 Å². The number of carbonyl (C=O) groups excluding carboxylic acids is 1. The van der Waals surface area contributed by atoms with E-state index in [1.54, 1.807) is 30.0 Å². The third-order valence-corrected chi connectivity index (χ3v) is 3.99. The minimum Gasteiger partial charge on any atom is -0.508 e. The molecule has 0 spiro atoms. The van der Waals surface area contributed by atoms with Crippen LogP contribution in [0.4, 0.5) is 5.69 Å². The Bertz CT molecular complexity index is 512. The lowest BCUT2D eigenvalue weighted by molar-refractivity contribution is -0.125. The van der Waals surface area contributed by atoms with Gasteiger partial charge in [0.15, 0.2) is 6.10 Å². The SMILES string of the molecule is CC1Oc2ccc(O)cc2N(CCN2CCCC2)C1=O. The number of hydrogen-bond donors (Lipinski definition) is 1. The second-order valence-electron chi connectivity index (χ2n) is 5.45. The highest BCUT2D eigenvalue weighted by Gasteiger charge is 2.31. The van der Waals surface area contributed by atoms with Crippen molar-refractivity contribution in [1.82, 2.24) is 4.90 Å². The molecule has 2 aliphatic heterocycles. The van der Waals surface area contributed by atoms with Gasteiger partial charge in [0.2, 0.25) is 0 Å². The first-order valence-electron chi connectivity index (χ1n) is 7.18. The molecule has 2 heterocycles. The molecule has 2 aliphatic rings. The standard InChI is InChI=1S/C15H20N2O3/c1-11-15(19)17(9-8-16-6-2-3-7-16)13-10-12(18)4-5-14(13)20-11/h4-5,10-11,18H,2-3,6-9H2,1H3. The number of benzene rings is 1. The van der Waals surface area contributed by atoms with Gasteiger partial charge in [-0.05, 0) is 45.0 Å². The number of aromatic hydroxyl groups is 1. The van der Waals surface area contributed by atoms with Gasteiger partial charge in [-0.2, -0.15) is 0 Å². The van der Waals surface area contributed by atoms with Gasteiger partial charge in [-0.25, -0.2) is 0 Å². The fourth-order valence-corrected chi connectivity index (χ4v) is 2.87. The summed E-state index contributed by atoms with van der Waals surface area (Å²) in [7, 11) is 0. The predicted molar refractivity (Wildman–Crippen MR) is 76.2 cm³/mol. The number of phenols is 1. The molecule has 0 bridgehead atoms. The number of ether oxygens (including phenoxy) is 1. The second kappa shape index (κ2) is 5.32. The van der Waals surface area contributed by atoms with E-state index in [-0.39, 0.29) is 11.7 Å². The molecule has 1 fully saturated rings. The lowest BCUT2D eigenvalue weighted by Crippen LogP contribution is -2.47. The van der Waals surface area contributed by atoms with E-state index in [0.717, 1.165) is 19.6 Å². The summed E-state index contributed by atoms with van der Waals surface area (Å²) in [5.41, 5.74) is 0.673.